The summed E-state index contributed by atoms with van der Waals surface area (Å²) in [5, 5.41) is 3.06. The second kappa shape index (κ2) is 8.15. The van der Waals surface area contributed by atoms with Gasteiger partial charge in [-0.25, -0.2) is 4.98 Å². The Bertz CT molecular complexity index is 719. The number of pyridine rings is 1. The first-order valence-corrected chi connectivity index (χ1v) is 8.91. The summed E-state index contributed by atoms with van der Waals surface area (Å²) in [6.07, 6.45) is 3.93. The molecular formula is C21H29N3O. The maximum absolute atomic E-state index is 12.7. The zero-order chi connectivity index (χ0) is 18.4. The fourth-order valence-electron chi connectivity index (χ4n) is 2.72. The molecular weight excluding hydrogens is 310 g/mol. The summed E-state index contributed by atoms with van der Waals surface area (Å²) in [5.41, 5.74) is 2.57. The van der Waals surface area contributed by atoms with E-state index >= 15 is 0 Å². The van der Waals surface area contributed by atoms with Gasteiger partial charge in [0, 0.05) is 31.0 Å². The number of carbonyl (C=O) groups excluding carboxylic acids is 1. The average Bonchev–Trinajstić information content (AvgIpc) is 2.59. The molecule has 4 nitrogen and oxygen atoms in total. The number of hydrogen-bond donors (Lipinski definition) is 1. The molecule has 25 heavy (non-hydrogen) atoms. The zero-order valence-electron chi connectivity index (χ0n) is 16.0. The van der Waals surface area contributed by atoms with Crippen molar-refractivity contribution in [2.45, 2.75) is 46.0 Å². The van der Waals surface area contributed by atoms with Crippen LogP contribution in [0.2, 0.25) is 0 Å². The van der Waals surface area contributed by atoms with Gasteiger partial charge in [-0.1, -0.05) is 52.3 Å². The highest BCUT2D eigenvalue weighted by molar-refractivity contribution is 6.05. The van der Waals surface area contributed by atoms with Crippen LogP contribution in [-0.4, -0.2) is 24.5 Å². The summed E-state index contributed by atoms with van der Waals surface area (Å²) < 4.78 is 0. The van der Waals surface area contributed by atoms with Gasteiger partial charge in [-0.05, 0) is 35.6 Å². The highest BCUT2D eigenvalue weighted by atomic mass is 16.1. The van der Waals surface area contributed by atoms with E-state index in [2.05, 4.69) is 49.0 Å². The normalized spacial score (nSPS) is 11.2. The second-order valence-corrected chi connectivity index (χ2v) is 7.43. The van der Waals surface area contributed by atoms with E-state index in [-0.39, 0.29) is 11.3 Å². The van der Waals surface area contributed by atoms with Crippen molar-refractivity contribution in [3.8, 4) is 0 Å². The van der Waals surface area contributed by atoms with Crippen molar-refractivity contribution in [2.24, 2.45) is 0 Å². The predicted octanol–water partition coefficient (Wildman–Crippen LogP) is 4.87. The third-order valence-electron chi connectivity index (χ3n) is 4.23. The number of para-hydroxylation sites is 1. The van der Waals surface area contributed by atoms with E-state index < -0.39 is 0 Å². The number of anilines is 2. The van der Waals surface area contributed by atoms with Crippen LogP contribution >= 0.6 is 0 Å². The van der Waals surface area contributed by atoms with Crippen molar-refractivity contribution in [1.29, 1.82) is 0 Å². The van der Waals surface area contributed by atoms with E-state index in [1.807, 2.05) is 31.3 Å². The lowest BCUT2D eigenvalue weighted by Crippen LogP contribution is -2.21. The molecule has 0 atom stereocenters. The summed E-state index contributed by atoms with van der Waals surface area (Å²) in [6.45, 7) is 9.53. The van der Waals surface area contributed by atoms with Crippen molar-refractivity contribution in [1.82, 2.24) is 4.98 Å². The fourth-order valence-corrected chi connectivity index (χ4v) is 2.72. The van der Waals surface area contributed by atoms with Crippen molar-refractivity contribution < 1.29 is 4.79 Å². The molecule has 0 fully saturated rings. The number of nitrogens with one attached hydrogen (secondary N) is 1. The SMILES string of the molecule is CCCCN(C)c1cc(C(=O)Nc2ccccc2C(C)(C)C)ccn1. The minimum atomic E-state index is -0.107. The molecule has 2 rings (SSSR count). The summed E-state index contributed by atoms with van der Waals surface area (Å²) in [5.74, 6) is 0.717. The van der Waals surface area contributed by atoms with Gasteiger partial charge in [0.2, 0.25) is 0 Å². The number of nitrogens with zero attached hydrogens (tertiary/aromatic N) is 2. The summed E-state index contributed by atoms with van der Waals surface area (Å²) in [4.78, 5) is 19.2. The molecule has 0 spiro atoms. The lowest BCUT2D eigenvalue weighted by molar-refractivity contribution is 0.102. The molecule has 0 unspecified atom stereocenters. The van der Waals surface area contributed by atoms with Crippen molar-refractivity contribution in [3.63, 3.8) is 0 Å². The third-order valence-corrected chi connectivity index (χ3v) is 4.23. The molecule has 4 heteroatoms. The Hall–Kier alpha value is -2.36. The molecule has 1 heterocycles. The van der Waals surface area contributed by atoms with Crippen LogP contribution in [0.1, 0.15) is 56.5 Å². The Kier molecular flexibility index (Phi) is 6.18. The van der Waals surface area contributed by atoms with Crippen LogP contribution in [0.4, 0.5) is 11.5 Å². The molecule has 2 aromatic rings. The molecule has 0 aliphatic carbocycles. The first-order valence-electron chi connectivity index (χ1n) is 8.91. The molecule has 0 aliphatic rings. The molecule has 134 valence electrons. The van der Waals surface area contributed by atoms with Gasteiger partial charge >= 0.3 is 0 Å². The van der Waals surface area contributed by atoms with E-state index in [0.717, 1.165) is 36.5 Å². The highest BCUT2D eigenvalue weighted by Gasteiger charge is 2.19. The van der Waals surface area contributed by atoms with Gasteiger partial charge in [-0.3, -0.25) is 4.79 Å². The second-order valence-electron chi connectivity index (χ2n) is 7.43. The average molecular weight is 339 g/mol. The van der Waals surface area contributed by atoms with Crippen LogP contribution in [-0.2, 0) is 5.41 Å². The van der Waals surface area contributed by atoms with E-state index in [0.29, 0.717) is 5.56 Å². The molecule has 1 aromatic carbocycles. The lowest BCUT2D eigenvalue weighted by Gasteiger charge is -2.23. The van der Waals surface area contributed by atoms with Crippen LogP contribution in [0.25, 0.3) is 0 Å². The summed E-state index contributed by atoms with van der Waals surface area (Å²) >= 11 is 0. The standard InChI is InChI=1S/C21H29N3O/c1-6-7-14-24(5)19-15-16(12-13-22-19)20(25)23-18-11-9-8-10-17(18)21(2,3)4/h8-13,15H,6-7,14H2,1-5H3,(H,23,25). The predicted molar refractivity (Wildman–Crippen MR) is 106 cm³/mol. The molecule has 0 saturated carbocycles. The number of hydrogen-bond acceptors (Lipinski definition) is 3. The number of carbonyl (C=O) groups is 1. The molecule has 0 bridgehead atoms. The van der Waals surface area contributed by atoms with Crippen molar-refractivity contribution in [3.05, 3.63) is 53.7 Å². The minimum Gasteiger partial charge on any atom is -0.360 e. The van der Waals surface area contributed by atoms with Crippen molar-refractivity contribution in [2.75, 3.05) is 23.8 Å². The molecule has 0 radical (unpaired) electrons. The van der Waals surface area contributed by atoms with E-state index in [1.54, 1.807) is 12.3 Å². The first-order chi connectivity index (χ1) is 11.8. The van der Waals surface area contributed by atoms with Crippen LogP contribution < -0.4 is 10.2 Å². The number of benzene rings is 1. The summed E-state index contributed by atoms with van der Waals surface area (Å²) in [7, 11) is 2.01. The molecule has 0 aliphatic heterocycles. The largest absolute Gasteiger partial charge is 0.360 e. The van der Waals surface area contributed by atoms with Crippen molar-refractivity contribution >= 4 is 17.4 Å². The smallest absolute Gasteiger partial charge is 0.255 e. The van der Waals surface area contributed by atoms with E-state index in [9.17, 15) is 4.79 Å². The van der Waals surface area contributed by atoms with Gasteiger partial charge in [0.05, 0.1) is 0 Å². The highest BCUT2D eigenvalue weighted by Crippen LogP contribution is 2.29. The summed E-state index contributed by atoms with van der Waals surface area (Å²) in [6, 6.07) is 11.6. The Labute approximate surface area is 151 Å². The van der Waals surface area contributed by atoms with E-state index in [4.69, 9.17) is 0 Å². The maximum Gasteiger partial charge on any atom is 0.255 e. The minimum absolute atomic E-state index is 0.0341. The number of rotatable bonds is 6. The number of unbranched alkanes of at least 4 members (excludes halogenated alkanes) is 1. The van der Waals surface area contributed by atoms with Crippen LogP contribution in [0.15, 0.2) is 42.6 Å². The first kappa shape index (κ1) is 19.0. The van der Waals surface area contributed by atoms with Gasteiger partial charge in [0.25, 0.3) is 5.91 Å². The number of aromatic nitrogens is 1. The maximum atomic E-state index is 12.7. The Morgan fingerprint density at radius 3 is 2.60 bits per heavy atom. The van der Waals surface area contributed by atoms with Gasteiger partial charge in [-0.2, -0.15) is 0 Å². The third kappa shape index (κ3) is 5.05. The Balaban J connectivity index is 2.20. The van der Waals surface area contributed by atoms with E-state index in [1.165, 1.54) is 0 Å². The van der Waals surface area contributed by atoms with Gasteiger partial charge in [-0.15, -0.1) is 0 Å². The van der Waals surface area contributed by atoms with Gasteiger partial charge in [0.15, 0.2) is 0 Å². The van der Waals surface area contributed by atoms with Gasteiger partial charge < -0.3 is 10.2 Å². The molecule has 1 N–H and O–H groups in total. The van der Waals surface area contributed by atoms with Crippen LogP contribution in [0, 0.1) is 0 Å². The monoisotopic (exact) mass is 339 g/mol. The molecule has 0 saturated heterocycles. The topological polar surface area (TPSA) is 45.2 Å². The lowest BCUT2D eigenvalue weighted by atomic mass is 9.86. The zero-order valence-corrected chi connectivity index (χ0v) is 16.0. The van der Waals surface area contributed by atoms with Crippen LogP contribution in [0.5, 0.6) is 0 Å². The number of amides is 1. The molecule has 1 aromatic heterocycles. The van der Waals surface area contributed by atoms with Crippen LogP contribution in [0.3, 0.4) is 0 Å². The van der Waals surface area contributed by atoms with Gasteiger partial charge in [0.1, 0.15) is 5.82 Å². The molecule has 1 amide bonds. The Morgan fingerprint density at radius 1 is 1.20 bits per heavy atom. The Morgan fingerprint density at radius 2 is 1.92 bits per heavy atom. The quantitative estimate of drug-likeness (QED) is 0.817. The fraction of sp³-hybridized carbons (Fsp3) is 0.429.